The second-order valence-corrected chi connectivity index (χ2v) is 7.24. The molecule has 0 aliphatic carbocycles. The molecule has 2 aromatic rings. The number of carbonyl (C=O) groups is 1. The summed E-state index contributed by atoms with van der Waals surface area (Å²) >= 11 is 1.43. The number of rotatable bonds is 6. The molecular weight excluding hydrogens is 322 g/mol. The molecule has 0 saturated carbocycles. The summed E-state index contributed by atoms with van der Waals surface area (Å²) in [5.41, 5.74) is 1.25. The molecule has 0 bridgehead atoms. The van der Waals surface area contributed by atoms with Gasteiger partial charge in [-0.3, -0.25) is 19.6 Å². The number of hydrogen-bond donors (Lipinski definition) is 1. The lowest BCUT2D eigenvalue weighted by atomic mass is 9.94. The molecule has 0 aromatic carbocycles. The van der Waals surface area contributed by atoms with E-state index in [0.29, 0.717) is 23.6 Å². The number of thiazole rings is 1. The largest absolute Gasteiger partial charge is 0.301 e. The number of amides is 1. The van der Waals surface area contributed by atoms with Crippen LogP contribution in [0.4, 0.5) is 5.13 Å². The average Bonchev–Trinajstić information content (AvgIpc) is 3.18. The molecule has 3 heterocycles. The molecule has 128 valence electrons. The van der Waals surface area contributed by atoms with Gasteiger partial charge in [0, 0.05) is 36.6 Å². The van der Waals surface area contributed by atoms with Gasteiger partial charge in [0.25, 0.3) is 0 Å². The third kappa shape index (κ3) is 4.17. The molecule has 7 heteroatoms. The number of anilines is 1. The number of carbonyl (C=O) groups excluding carboxylic acids is 1. The Labute approximate surface area is 146 Å². The van der Waals surface area contributed by atoms with Crippen LogP contribution in [0.1, 0.15) is 18.0 Å². The third-order valence-electron chi connectivity index (χ3n) is 4.44. The van der Waals surface area contributed by atoms with Crippen LogP contribution < -0.4 is 5.32 Å². The molecule has 1 saturated heterocycles. The normalized spacial score (nSPS) is 21.3. The Morgan fingerprint density at radius 3 is 3.08 bits per heavy atom. The SMILES string of the molecule is CN(CC(=O)Nc1nccs1)C[C@@H]1CCN(C)[C@H]1c1cccnc1. The Morgan fingerprint density at radius 1 is 1.50 bits per heavy atom. The fraction of sp³-hybridized carbons (Fsp3) is 0.471. The van der Waals surface area contributed by atoms with Gasteiger partial charge in [-0.05, 0) is 44.6 Å². The summed E-state index contributed by atoms with van der Waals surface area (Å²) in [7, 11) is 4.16. The topological polar surface area (TPSA) is 61.4 Å². The molecule has 1 amide bonds. The maximum absolute atomic E-state index is 12.1. The number of nitrogens with zero attached hydrogens (tertiary/aromatic N) is 4. The summed E-state index contributed by atoms with van der Waals surface area (Å²) in [6, 6.07) is 4.49. The summed E-state index contributed by atoms with van der Waals surface area (Å²) in [6.45, 7) is 2.33. The lowest BCUT2D eigenvalue weighted by molar-refractivity contribution is -0.117. The highest BCUT2D eigenvalue weighted by molar-refractivity contribution is 7.13. The van der Waals surface area contributed by atoms with Crippen LogP contribution in [0.3, 0.4) is 0 Å². The Morgan fingerprint density at radius 2 is 2.38 bits per heavy atom. The summed E-state index contributed by atoms with van der Waals surface area (Å²) in [5, 5.41) is 5.34. The zero-order valence-electron chi connectivity index (χ0n) is 14.1. The second kappa shape index (κ2) is 7.83. The molecule has 0 unspecified atom stereocenters. The molecule has 6 nitrogen and oxygen atoms in total. The zero-order valence-corrected chi connectivity index (χ0v) is 14.9. The van der Waals surface area contributed by atoms with Gasteiger partial charge in [0.15, 0.2) is 5.13 Å². The van der Waals surface area contributed by atoms with E-state index in [0.717, 1.165) is 19.5 Å². The molecule has 1 aliphatic heterocycles. The minimum atomic E-state index is -0.0169. The van der Waals surface area contributed by atoms with Crippen LogP contribution in [-0.2, 0) is 4.79 Å². The Hall–Kier alpha value is -1.83. The molecule has 0 spiro atoms. The van der Waals surface area contributed by atoms with Crippen molar-refractivity contribution in [1.82, 2.24) is 19.8 Å². The van der Waals surface area contributed by atoms with E-state index in [4.69, 9.17) is 0 Å². The van der Waals surface area contributed by atoms with E-state index in [1.807, 2.05) is 30.9 Å². The standard InChI is InChI=1S/C17H23N5OS/c1-21(12-15(23)20-17-19-7-9-24-17)11-14-5-8-22(2)16(14)13-4-3-6-18-10-13/h3-4,6-7,9-10,14,16H,5,8,11-12H2,1-2H3,(H,19,20,23)/t14-,16-/m0/s1. The quantitative estimate of drug-likeness (QED) is 0.869. The van der Waals surface area contributed by atoms with Gasteiger partial charge >= 0.3 is 0 Å². The molecule has 1 fully saturated rings. The van der Waals surface area contributed by atoms with Crippen LogP contribution in [0.2, 0.25) is 0 Å². The summed E-state index contributed by atoms with van der Waals surface area (Å²) in [4.78, 5) is 24.9. The van der Waals surface area contributed by atoms with E-state index in [9.17, 15) is 4.79 Å². The smallest absolute Gasteiger partial charge is 0.240 e. The van der Waals surface area contributed by atoms with Gasteiger partial charge in [-0.25, -0.2) is 4.98 Å². The number of likely N-dealkylation sites (tertiary alicyclic amines) is 1. The molecule has 2 aromatic heterocycles. The van der Waals surface area contributed by atoms with Crippen molar-refractivity contribution in [2.45, 2.75) is 12.5 Å². The van der Waals surface area contributed by atoms with E-state index < -0.39 is 0 Å². The molecular formula is C17H23N5OS. The van der Waals surface area contributed by atoms with E-state index in [1.54, 1.807) is 6.20 Å². The number of hydrogen-bond acceptors (Lipinski definition) is 6. The molecule has 0 radical (unpaired) electrons. The van der Waals surface area contributed by atoms with Crippen LogP contribution in [0, 0.1) is 5.92 Å². The van der Waals surface area contributed by atoms with Crippen molar-refractivity contribution in [2.75, 3.05) is 39.0 Å². The number of pyridine rings is 1. The molecule has 1 N–H and O–H groups in total. The van der Waals surface area contributed by atoms with Gasteiger partial charge in [0.2, 0.25) is 5.91 Å². The van der Waals surface area contributed by atoms with Crippen molar-refractivity contribution >= 4 is 22.4 Å². The first-order valence-electron chi connectivity index (χ1n) is 8.11. The number of nitrogens with one attached hydrogen (secondary N) is 1. The van der Waals surface area contributed by atoms with Gasteiger partial charge in [-0.1, -0.05) is 6.07 Å². The first kappa shape index (κ1) is 17.0. The van der Waals surface area contributed by atoms with Crippen LogP contribution in [0.15, 0.2) is 36.1 Å². The van der Waals surface area contributed by atoms with E-state index in [2.05, 4.69) is 38.2 Å². The highest BCUT2D eigenvalue weighted by Crippen LogP contribution is 2.35. The van der Waals surface area contributed by atoms with Gasteiger partial charge in [0.05, 0.1) is 6.54 Å². The first-order chi connectivity index (χ1) is 11.6. The summed E-state index contributed by atoms with van der Waals surface area (Å²) < 4.78 is 0. The zero-order chi connectivity index (χ0) is 16.9. The monoisotopic (exact) mass is 345 g/mol. The maximum Gasteiger partial charge on any atom is 0.240 e. The number of aromatic nitrogens is 2. The second-order valence-electron chi connectivity index (χ2n) is 6.34. The van der Waals surface area contributed by atoms with Crippen molar-refractivity contribution < 1.29 is 4.79 Å². The maximum atomic E-state index is 12.1. The van der Waals surface area contributed by atoms with Crippen molar-refractivity contribution in [2.24, 2.45) is 5.92 Å². The highest BCUT2D eigenvalue weighted by Gasteiger charge is 2.33. The fourth-order valence-corrected chi connectivity index (χ4v) is 3.99. The number of likely N-dealkylation sites (N-methyl/N-ethyl adjacent to an activating group) is 1. The van der Waals surface area contributed by atoms with Gasteiger partial charge in [0.1, 0.15) is 0 Å². The molecule has 2 atom stereocenters. The average molecular weight is 345 g/mol. The van der Waals surface area contributed by atoms with Crippen molar-refractivity contribution in [3.8, 4) is 0 Å². The Balaban J connectivity index is 1.57. The summed E-state index contributed by atoms with van der Waals surface area (Å²) in [6.07, 6.45) is 6.59. The highest BCUT2D eigenvalue weighted by atomic mass is 32.1. The van der Waals surface area contributed by atoms with Crippen LogP contribution >= 0.6 is 11.3 Å². The van der Waals surface area contributed by atoms with Gasteiger partial charge in [-0.15, -0.1) is 11.3 Å². The summed E-state index contributed by atoms with van der Waals surface area (Å²) in [5.74, 6) is 0.480. The molecule has 24 heavy (non-hydrogen) atoms. The van der Waals surface area contributed by atoms with Crippen molar-refractivity contribution in [3.05, 3.63) is 41.7 Å². The van der Waals surface area contributed by atoms with Gasteiger partial charge in [-0.2, -0.15) is 0 Å². The Bertz CT molecular complexity index is 648. The minimum absolute atomic E-state index is 0.0169. The molecule has 3 rings (SSSR count). The minimum Gasteiger partial charge on any atom is -0.301 e. The lowest BCUT2D eigenvalue weighted by Gasteiger charge is -2.28. The van der Waals surface area contributed by atoms with Crippen LogP contribution in [-0.4, -0.2) is 59.4 Å². The molecule has 1 aliphatic rings. The first-order valence-corrected chi connectivity index (χ1v) is 8.99. The van der Waals surface area contributed by atoms with E-state index in [1.165, 1.54) is 16.9 Å². The van der Waals surface area contributed by atoms with Crippen molar-refractivity contribution in [1.29, 1.82) is 0 Å². The Kier molecular flexibility index (Phi) is 5.55. The predicted molar refractivity (Wildman–Crippen MR) is 96.0 cm³/mol. The van der Waals surface area contributed by atoms with Crippen molar-refractivity contribution in [3.63, 3.8) is 0 Å². The van der Waals surface area contributed by atoms with E-state index >= 15 is 0 Å². The fourth-order valence-electron chi connectivity index (χ4n) is 3.45. The van der Waals surface area contributed by atoms with E-state index in [-0.39, 0.29) is 5.91 Å². The van der Waals surface area contributed by atoms with Crippen LogP contribution in [0.25, 0.3) is 0 Å². The lowest BCUT2D eigenvalue weighted by Crippen LogP contribution is -2.35. The van der Waals surface area contributed by atoms with Crippen LogP contribution in [0.5, 0.6) is 0 Å². The third-order valence-corrected chi connectivity index (χ3v) is 5.13. The van der Waals surface area contributed by atoms with Gasteiger partial charge < -0.3 is 5.32 Å². The predicted octanol–water partition coefficient (Wildman–Crippen LogP) is 2.10.